The maximum Gasteiger partial charge on any atom is 0.197 e. The lowest BCUT2D eigenvalue weighted by Crippen LogP contribution is -2.58. The molecule has 1 aliphatic heterocycles. The van der Waals surface area contributed by atoms with Crippen molar-refractivity contribution in [1.82, 2.24) is 10.3 Å². The minimum absolute atomic E-state index is 0.457. The Kier molecular flexibility index (Phi) is 5.52. The summed E-state index contributed by atoms with van der Waals surface area (Å²) in [6.07, 6.45) is 3.49. The fraction of sp³-hybridized carbons (Fsp3) is 0.318. The van der Waals surface area contributed by atoms with Crippen molar-refractivity contribution < 1.29 is 9.47 Å². The molecule has 1 unspecified atom stereocenters. The minimum atomic E-state index is -0.841. The third kappa shape index (κ3) is 3.67. The summed E-state index contributed by atoms with van der Waals surface area (Å²) in [4.78, 5) is 7.83. The maximum atomic E-state index is 6.94. The van der Waals surface area contributed by atoms with Gasteiger partial charge in [0.05, 0.1) is 26.5 Å². The molecule has 2 aromatic carbocycles. The number of hydrogen-bond donors (Lipinski definition) is 5. The van der Waals surface area contributed by atoms with E-state index in [1.54, 1.807) is 14.2 Å². The predicted molar refractivity (Wildman–Crippen MR) is 120 cm³/mol. The summed E-state index contributed by atoms with van der Waals surface area (Å²) in [5, 5.41) is 7.88. The number of hydrogen-bond acceptors (Lipinski definition) is 5. The van der Waals surface area contributed by atoms with Crippen LogP contribution in [-0.4, -0.2) is 38.3 Å². The molecular formula is C22H28N6O2. The molecule has 1 aromatic heterocycles. The van der Waals surface area contributed by atoms with Gasteiger partial charge in [-0.2, -0.15) is 0 Å². The first-order chi connectivity index (χ1) is 14.6. The monoisotopic (exact) mass is 408 g/mol. The Bertz CT molecular complexity index is 1080. The van der Waals surface area contributed by atoms with Crippen LogP contribution < -0.4 is 31.6 Å². The molecule has 0 fully saturated rings. The number of guanidine groups is 1. The first kappa shape index (κ1) is 20.1. The lowest BCUT2D eigenvalue weighted by atomic mass is 9.89. The highest BCUT2D eigenvalue weighted by molar-refractivity contribution is 5.98. The van der Waals surface area contributed by atoms with Crippen LogP contribution in [0, 0.1) is 0 Å². The van der Waals surface area contributed by atoms with Crippen molar-refractivity contribution in [2.45, 2.75) is 18.5 Å². The molecule has 8 heteroatoms. The number of nitrogens with zero attached hydrogens (tertiary/aromatic N) is 1. The van der Waals surface area contributed by atoms with E-state index in [0.29, 0.717) is 37.0 Å². The largest absolute Gasteiger partial charge is 0.493 e. The van der Waals surface area contributed by atoms with Crippen molar-refractivity contribution in [3.05, 3.63) is 53.7 Å². The molecule has 0 amide bonds. The molecule has 0 radical (unpaired) electrons. The SMILES string of the molecule is COc1cc2c(cc1OC)C(N)(CCc1c[nH]c3ccccc13)NC(=NCCN)N2. The van der Waals surface area contributed by atoms with Crippen LogP contribution in [0.5, 0.6) is 11.5 Å². The molecule has 3 aromatic rings. The van der Waals surface area contributed by atoms with E-state index < -0.39 is 5.66 Å². The van der Waals surface area contributed by atoms with Gasteiger partial charge in [-0.3, -0.25) is 4.99 Å². The number of aliphatic imine (C=N–C) groups is 1. The number of methoxy groups -OCH3 is 2. The fourth-order valence-electron chi connectivity index (χ4n) is 3.91. The highest BCUT2D eigenvalue weighted by atomic mass is 16.5. The van der Waals surface area contributed by atoms with E-state index in [9.17, 15) is 0 Å². The number of benzene rings is 2. The number of ether oxygens (including phenoxy) is 2. The number of H-pyrrole nitrogens is 1. The van der Waals surface area contributed by atoms with Gasteiger partial charge in [0.2, 0.25) is 0 Å². The third-order valence-electron chi connectivity index (χ3n) is 5.46. The number of nitrogens with two attached hydrogens (primary N) is 2. The second-order valence-electron chi connectivity index (χ2n) is 7.35. The molecule has 0 spiro atoms. The van der Waals surface area contributed by atoms with Crippen molar-refractivity contribution in [2.75, 3.05) is 32.6 Å². The number of aromatic nitrogens is 1. The third-order valence-corrected chi connectivity index (χ3v) is 5.46. The van der Waals surface area contributed by atoms with E-state index in [1.807, 2.05) is 30.5 Å². The average Bonchev–Trinajstić information content (AvgIpc) is 3.18. The number of fused-ring (bicyclic) bond motifs is 2. The van der Waals surface area contributed by atoms with Crippen LogP contribution in [0.3, 0.4) is 0 Å². The van der Waals surface area contributed by atoms with E-state index in [0.717, 1.165) is 23.2 Å². The van der Waals surface area contributed by atoms with Crippen molar-refractivity contribution >= 4 is 22.5 Å². The van der Waals surface area contributed by atoms with Crippen molar-refractivity contribution in [2.24, 2.45) is 16.5 Å². The number of nitrogens with one attached hydrogen (secondary N) is 3. The quantitative estimate of drug-likeness (QED) is 0.409. The molecule has 0 bridgehead atoms. The second-order valence-corrected chi connectivity index (χ2v) is 7.35. The van der Waals surface area contributed by atoms with Crippen LogP contribution in [0.4, 0.5) is 5.69 Å². The highest BCUT2D eigenvalue weighted by Gasteiger charge is 2.36. The summed E-state index contributed by atoms with van der Waals surface area (Å²) in [7, 11) is 3.23. The maximum absolute atomic E-state index is 6.94. The Morgan fingerprint density at radius 1 is 1.10 bits per heavy atom. The van der Waals surface area contributed by atoms with Crippen LogP contribution in [0.15, 0.2) is 47.6 Å². The summed E-state index contributed by atoms with van der Waals surface area (Å²) >= 11 is 0. The topological polar surface area (TPSA) is 123 Å². The van der Waals surface area contributed by atoms with Gasteiger partial charge in [-0.05, 0) is 30.5 Å². The van der Waals surface area contributed by atoms with Crippen molar-refractivity contribution in [3.8, 4) is 11.5 Å². The zero-order chi connectivity index (χ0) is 21.1. The van der Waals surface area contributed by atoms with E-state index in [4.69, 9.17) is 20.9 Å². The van der Waals surface area contributed by atoms with Gasteiger partial charge in [0, 0.05) is 35.3 Å². The molecule has 1 aliphatic rings. The van der Waals surface area contributed by atoms with Crippen LogP contribution >= 0.6 is 0 Å². The van der Waals surface area contributed by atoms with Gasteiger partial charge in [0.25, 0.3) is 0 Å². The number of aromatic amines is 1. The average molecular weight is 409 g/mol. The first-order valence-corrected chi connectivity index (χ1v) is 9.98. The molecule has 8 nitrogen and oxygen atoms in total. The Balaban J connectivity index is 1.70. The number of aryl methyl sites for hydroxylation is 1. The van der Waals surface area contributed by atoms with Gasteiger partial charge in [-0.15, -0.1) is 0 Å². The molecule has 4 rings (SSSR count). The van der Waals surface area contributed by atoms with Crippen molar-refractivity contribution in [1.29, 1.82) is 0 Å². The van der Waals surface area contributed by atoms with Gasteiger partial charge in [-0.25, -0.2) is 0 Å². The Morgan fingerprint density at radius 2 is 1.87 bits per heavy atom. The summed E-state index contributed by atoms with van der Waals surface area (Å²) in [5.41, 5.74) is 15.8. The highest BCUT2D eigenvalue weighted by Crippen LogP contribution is 2.40. The summed E-state index contributed by atoms with van der Waals surface area (Å²) in [5.74, 6) is 1.86. The summed E-state index contributed by atoms with van der Waals surface area (Å²) in [6, 6.07) is 12.1. The van der Waals surface area contributed by atoms with E-state index in [-0.39, 0.29) is 0 Å². The molecule has 2 heterocycles. The van der Waals surface area contributed by atoms with E-state index >= 15 is 0 Å². The molecule has 0 saturated carbocycles. The standard InChI is InChI=1S/C22H28N6O2/c1-29-19-11-16-18(12-20(19)30-2)27-21(25-10-9-23)28-22(16,24)8-7-14-13-26-17-6-4-3-5-15(14)17/h3-6,11-13,26H,7-10,23-24H2,1-2H3,(H2,25,27,28). The molecule has 0 aliphatic carbocycles. The first-order valence-electron chi connectivity index (χ1n) is 9.98. The molecule has 158 valence electrons. The predicted octanol–water partition coefficient (Wildman–Crippen LogP) is 2.26. The molecule has 7 N–H and O–H groups in total. The normalized spacial score (nSPS) is 19.3. The summed E-state index contributed by atoms with van der Waals surface area (Å²) < 4.78 is 11.0. The smallest absolute Gasteiger partial charge is 0.197 e. The zero-order valence-corrected chi connectivity index (χ0v) is 17.3. The van der Waals surface area contributed by atoms with E-state index in [1.165, 1.54) is 10.9 Å². The molecular weight excluding hydrogens is 380 g/mol. The van der Waals surface area contributed by atoms with Crippen LogP contribution in [0.2, 0.25) is 0 Å². The lowest BCUT2D eigenvalue weighted by Gasteiger charge is -2.39. The molecule has 1 atom stereocenters. The van der Waals surface area contributed by atoms with Crippen LogP contribution in [0.1, 0.15) is 17.5 Å². The van der Waals surface area contributed by atoms with Gasteiger partial charge < -0.3 is 36.6 Å². The number of para-hydroxylation sites is 1. The van der Waals surface area contributed by atoms with Gasteiger partial charge in [0.15, 0.2) is 17.5 Å². The van der Waals surface area contributed by atoms with Crippen LogP contribution in [-0.2, 0) is 12.1 Å². The summed E-state index contributed by atoms with van der Waals surface area (Å²) in [6.45, 7) is 0.953. The van der Waals surface area contributed by atoms with Gasteiger partial charge >= 0.3 is 0 Å². The second kappa shape index (κ2) is 8.25. The van der Waals surface area contributed by atoms with Gasteiger partial charge in [-0.1, -0.05) is 18.2 Å². The Labute approximate surface area is 175 Å². The van der Waals surface area contributed by atoms with Crippen molar-refractivity contribution in [3.63, 3.8) is 0 Å². The lowest BCUT2D eigenvalue weighted by molar-refractivity contribution is 0.345. The molecule has 0 saturated heterocycles. The molecule has 30 heavy (non-hydrogen) atoms. The van der Waals surface area contributed by atoms with Gasteiger partial charge in [0.1, 0.15) is 5.66 Å². The Hall–Kier alpha value is -3.23. The number of anilines is 1. The van der Waals surface area contributed by atoms with E-state index in [2.05, 4.69) is 32.7 Å². The number of rotatable bonds is 7. The van der Waals surface area contributed by atoms with Crippen LogP contribution in [0.25, 0.3) is 10.9 Å². The Morgan fingerprint density at radius 3 is 2.63 bits per heavy atom. The zero-order valence-electron chi connectivity index (χ0n) is 17.3. The fourth-order valence-corrected chi connectivity index (χ4v) is 3.91. The minimum Gasteiger partial charge on any atom is -0.493 e.